The van der Waals surface area contributed by atoms with Gasteiger partial charge in [0.25, 0.3) is 0 Å². The molecule has 1 atom stereocenters. The van der Waals surface area contributed by atoms with Crippen LogP contribution in [0.4, 0.5) is 0 Å². The number of nitrogens with one attached hydrogen (secondary N) is 2. The molecule has 1 unspecified atom stereocenters. The summed E-state index contributed by atoms with van der Waals surface area (Å²) in [5.41, 5.74) is 1.34. The summed E-state index contributed by atoms with van der Waals surface area (Å²) < 4.78 is 0. The monoisotopic (exact) mass is 521 g/mol. The molecule has 1 aromatic heterocycles. The second-order valence-electron chi connectivity index (χ2n) is 6.78. The van der Waals surface area contributed by atoms with Crippen molar-refractivity contribution in [1.29, 1.82) is 0 Å². The Labute approximate surface area is 191 Å². The Bertz CT molecular complexity index is 577. The third kappa shape index (κ3) is 7.87. The average molecular weight is 522 g/mol. The van der Waals surface area contributed by atoms with E-state index < -0.39 is 0 Å². The first-order valence-electron chi connectivity index (χ1n) is 10.3. The number of hydrogen-bond acceptors (Lipinski definition) is 4. The van der Waals surface area contributed by atoms with Crippen molar-refractivity contribution in [2.24, 2.45) is 4.99 Å². The summed E-state index contributed by atoms with van der Waals surface area (Å²) in [6.07, 6.45) is 2.67. The van der Waals surface area contributed by atoms with Gasteiger partial charge in [-0.3, -0.25) is 14.7 Å². The van der Waals surface area contributed by atoms with Crippen LogP contribution >= 0.6 is 35.3 Å². The van der Waals surface area contributed by atoms with Crippen molar-refractivity contribution in [1.82, 2.24) is 20.4 Å². The van der Waals surface area contributed by atoms with E-state index in [9.17, 15) is 4.79 Å². The molecule has 1 fully saturated rings. The number of halogens is 1. The second kappa shape index (κ2) is 14.2. The highest BCUT2D eigenvalue weighted by molar-refractivity contribution is 14.0. The van der Waals surface area contributed by atoms with Gasteiger partial charge in [0.1, 0.15) is 0 Å². The highest BCUT2D eigenvalue weighted by atomic mass is 127. The number of rotatable bonds is 11. The molecule has 28 heavy (non-hydrogen) atoms. The predicted octanol–water partition coefficient (Wildman–Crippen LogP) is 3.32. The van der Waals surface area contributed by atoms with Crippen LogP contribution in [0.25, 0.3) is 0 Å². The molecule has 0 saturated carbocycles. The van der Waals surface area contributed by atoms with Crippen LogP contribution in [0, 0.1) is 0 Å². The molecule has 2 N–H and O–H groups in total. The van der Waals surface area contributed by atoms with Crippen LogP contribution in [0.5, 0.6) is 0 Å². The van der Waals surface area contributed by atoms with Gasteiger partial charge < -0.3 is 15.5 Å². The maximum Gasteiger partial charge on any atom is 0.222 e. The van der Waals surface area contributed by atoms with Crippen LogP contribution < -0.4 is 10.6 Å². The molecule has 160 valence electrons. The summed E-state index contributed by atoms with van der Waals surface area (Å²) in [5.74, 6) is 1.16. The molecule has 0 spiro atoms. The van der Waals surface area contributed by atoms with Crippen molar-refractivity contribution in [3.8, 4) is 0 Å². The summed E-state index contributed by atoms with van der Waals surface area (Å²) in [5, 5.41) is 11.1. The predicted molar refractivity (Wildman–Crippen MR) is 130 cm³/mol. The number of thiophene rings is 1. The molecule has 1 aliphatic rings. The molecular formula is C20H36IN5OS. The van der Waals surface area contributed by atoms with Gasteiger partial charge in [0.05, 0.1) is 12.6 Å². The standard InChI is InChI=1S/C20H35N5OS.HI/c1-4-21-20(22-11-8-13-25-12-7-9-19(25)26)23-15-18(24(5-2)6-3)17-10-14-27-16-17;/h10,14,16,18H,4-9,11-13,15H2,1-3H3,(H2,21,22,23);1H. The normalized spacial score (nSPS) is 15.6. The lowest BCUT2D eigenvalue weighted by Crippen LogP contribution is -2.40. The van der Waals surface area contributed by atoms with Gasteiger partial charge in [-0.25, -0.2) is 0 Å². The number of carbonyl (C=O) groups excluding carboxylic acids is 1. The van der Waals surface area contributed by atoms with E-state index in [2.05, 4.69) is 53.1 Å². The zero-order valence-electron chi connectivity index (χ0n) is 17.4. The van der Waals surface area contributed by atoms with Crippen molar-refractivity contribution in [2.45, 2.75) is 46.1 Å². The van der Waals surface area contributed by atoms with E-state index in [-0.39, 0.29) is 24.0 Å². The van der Waals surface area contributed by atoms with Gasteiger partial charge in [0.2, 0.25) is 5.91 Å². The maximum absolute atomic E-state index is 11.7. The van der Waals surface area contributed by atoms with Gasteiger partial charge in [0, 0.05) is 32.6 Å². The van der Waals surface area contributed by atoms with Gasteiger partial charge in [-0.05, 0) is 55.2 Å². The molecule has 6 nitrogen and oxygen atoms in total. The largest absolute Gasteiger partial charge is 0.357 e. The first-order valence-corrected chi connectivity index (χ1v) is 11.2. The third-order valence-electron chi connectivity index (χ3n) is 5.02. The molecule has 2 heterocycles. The van der Waals surface area contributed by atoms with Gasteiger partial charge in [-0.2, -0.15) is 11.3 Å². The van der Waals surface area contributed by atoms with Crippen LogP contribution in [-0.2, 0) is 4.79 Å². The summed E-state index contributed by atoms with van der Waals surface area (Å²) in [6, 6.07) is 2.51. The molecule has 1 aliphatic heterocycles. The van der Waals surface area contributed by atoms with E-state index in [1.165, 1.54) is 5.56 Å². The van der Waals surface area contributed by atoms with E-state index in [4.69, 9.17) is 4.99 Å². The molecule has 2 rings (SSSR count). The number of hydrogen-bond donors (Lipinski definition) is 2. The van der Waals surface area contributed by atoms with Gasteiger partial charge >= 0.3 is 0 Å². The first kappa shape index (κ1) is 25.2. The molecule has 0 aliphatic carbocycles. The van der Waals surface area contributed by atoms with E-state index >= 15 is 0 Å². The highest BCUT2D eigenvalue weighted by Gasteiger charge is 2.20. The highest BCUT2D eigenvalue weighted by Crippen LogP contribution is 2.23. The van der Waals surface area contributed by atoms with Gasteiger partial charge in [-0.15, -0.1) is 24.0 Å². The Kier molecular flexibility index (Phi) is 12.7. The Morgan fingerprint density at radius 3 is 2.68 bits per heavy atom. The van der Waals surface area contributed by atoms with E-state index in [1.54, 1.807) is 11.3 Å². The minimum absolute atomic E-state index is 0. The number of amides is 1. The fourth-order valence-electron chi connectivity index (χ4n) is 3.50. The number of carbonyl (C=O) groups is 1. The van der Waals surface area contributed by atoms with Gasteiger partial charge in [-0.1, -0.05) is 13.8 Å². The van der Waals surface area contributed by atoms with E-state index in [0.717, 1.165) is 64.6 Å². The molecule has 8 heteroatoms. The fourth-order valence-corrected chi connectivity index (χ4v) is 4.20. The molecule has 0 bridgehead atoms. The van der Waals surface area contributed by atoms with Crippen molar-refractivity contribution >= 4 is 47.2 Å². The number of guanidine groups is 1. The fraction of sp³-hybridized carbons (Fsp3) is 0.700. The summed E-state index contributed by atoms with van der Waals surface area (Å²) in [7, 11) is 0. The van der Waals surface area contributed by atoms with Crippen LogP contribution in [-0.4, -0.2) is 67.5 Å². The minimum atomic E-state index is 0. The number of likely N-dealkylation sites (N-methyl/N-ethyl adjacent to an activating group) is 1. The van der Waals surface area contributed by atoms with Crippen LogP contribution in [0.3, 0.4) is 0 Å². The summed E-state index contributed by atoms with van der Waals surface area (Å²) in [4.78, 5) is 21.0. The first-order chi connectivity index (χ1) is 13.2. The quantitative estimate of drug-likeness (QED) is 0.203. The van der Waals surface area contributed by atoms with Crippen molar-refractivity contribution in [2.75, 3.05) is 45.8 Å². The lowest BCUT2D eigenvalue weighted by Gasteiger charge is -2.28. The van der Waals surface area contributed by atoms with Crippen LogP contribution in [0.1, 0.15) is 51.6 Å². The number of likely N-dealkylation sites (tertiary alicyclic amines) is 1. The SMILES string of the molecule is CCNC(=NCC(c1ccsc1)N(CC)CC)NCCCN1CCCC1=O.I. The topological polar surface area (TPSA) is 60.0 Å². The van der Waals surface area contributed by atoms with Crippen molar-refractivity contribution in [3.63, 3.8) is 0 Å². The Morgan fingerprint density at radius 1 is 1.32 bits per heavy atom. The lowest BCUT2D eigenvalue weighted by atomic mass is 10.1. The molecule has 0 aromatic carbocycles. The van der Waals surface area contributed by atoms with Crippen molar-refractivity contribution < 1.29 is 4.79 Å². The zero-order chi connectivity index (χ0) is 19.5. The average Bonchev–Trinajstić information content (AvgIpc) is 3.34. The molecule has 1 saturated heterocycles. The third-order valence-corrected chi connectivity index (χ3v) is 5.72. The van der Waals surface area contributed by atoms with Crippen LogP contribution in [0.2, 0.25) is 0 Å². The Hall–Kier alpha value is -0.870. The Balaban J connectivity index is 0.00000392. The van der Waals surface area contributed by atoms with Gasteiger partial charge in [0.15, 0.2) is 5.96 Å². The molecule has 1 aromatic rings. The molecular weight excluding hydrogens is 485 g/mol. The number of nitrogens with zero attached hydrogens (tertiary/aromatic N) is 3. The minimum Gasteiger partial charge on any atom is -0.357 e. The number of aliphatic imine (C=N–C) groups is 1. The lowest BCUT2D eigenvalue weighted by molar-refractivity contribution is -0.127. The maximum atomic E-state index is 11.7. The summed E-state index contributed by atoms with van der Waals surface area (Å²) in [6.45, 7) is 12.7. The Morgan fingerprint density at radius 2 is 2.11 bits per heavy atom. The van der Waals surface area contributed by atoms with Crippen LogP contribution in [0.15, 0.2) is 21.8 Å². The van der Waals surface area contributed by atoms with E-state index in [1.807, 2.05) is 4.90 Å². The summed E-state index contributed by atoms with van der Waals surface area (Å²) >= 11 is 1.74. The molecule has 1 amide bonds. The zero-order valence-corrected chi connectivity index (χ0v) is 20.6. The second-order valence-corrected chi connectivity index (χ2v) is 7.56. The van der Waals surface area contributed by atoms with Crippen molar-refractivity contribution in [3.05, 3.63) is 22.4 Å². The smallest absolute Gasteiger partial charge is 0.222 e. The molecule has 0 radical (unpaired) electrons. The van der Waals surface area contributed by atoms with E-state index in [0.29, 0.717) is 18.4 Å².